The third kappa shape index (κ3) is 1.60. The van der Waals surface area contributed by atoms with Gasteiger partial charge in [0.1, 0.15) is 11.7 Å². The Kier molecular flexibility index (Phi) is 2.70. The molecule has 3 rings (SSSR count). The van der Waals surface area contributed by atoms with Gasteiger partial charge in [-0.2, -0.15) is 0 Å². The fourth-order valence-corrected chi connectivity index (χ4v) is 2.78. The molecule has 0 aromatic heterocycles. The van der Waals surface area contributed by atoms with Gasteiger partial charge in [0.15, 0.2) is 0 Å². The molecule has 102 valence electrons. The molecule has 20 heavy (non-hydrogen) atoms. The monoisotopic (exact) mass is 292 g/mol. The van der Waals surface area contributed by atoms with Crippen molar-refractivity contribution in [3.05, 3.63) is 58.1 Å². The molecule has 5 nitrogen and oxygen atoms in total. The number of hydrogen-bond acceptors (Lipinski definition) is 3. The Morgan fingerprint density at radius 3 is 2.35 bits per heavy atom. The number of ether oxygens (including phenoxy) is 1. The number of hydrogen-bond donors (Lipinski definition) is 2. The van der Waals surface area contributed by atoms with Crippen LogP contribution in [0.4, 0.5) is 0 Å². The van der Waals surface area contributed by atoms with Crippen molar-refractivity contribution in [3.63, 3.8) is 0 Å². The molecule has 0 radical (unpaired) electrons. The molecule has 2 bridgehead atoms. The number of fused-ring (bicyclic) bond motifs is 2. The van der Waals surface area contributed by atoms with E-state index in [4.69, 9.17) is 16.3 Å². The van der Waals surface area contributed by atoms with Gasteiger partial charge in [-0.15, -0.1) is 0 Å². The van der Waals surface area contributed by atoms with Gasteiger partial charge in [0.25, 0.3) is 0 Å². The van der Waals surface area contributed by atoms with Gasteiger partial charge in [-0.3, -0.25) is 0 Å². The van der Waals surface area contributed by atoms with Crippen molar-refractivity contribution >= 4 is 23.5 Å². The number of aliphatic carboxylic acids is 2. The molecule has 2 atom stereocenters. The molecule has 1 aromatic rings. The lowest BCUT2D eigenvalue weighted by molar-refractivity contribution is -0.136. The lowest BCUT2D eigenvalue weighted by atomic mass is 9.82. The summed E-state index contributed by atoms with van der Waals surface area (Å²) in [6, 6.07) is 6.47. The highest BCUT2D eigenvalue weighted by atomic mass is 35.5. The summed E-state index contributed by atoms with van der Waals surface area (Å²) in [6.07, 6.45) is 2.30. The predicted molar refractivity (Wildman–Crippen MR) is 69.4 cm³/mol. The Hall–Kier alpha value is -2.11. The van der Waals surface area contributed by atoms with Crippen LogP contribution in [0.25, 0.3) is 0 Å². The van der Waals surface area contributed by atoms with E-state index < -0.39 is 23.6 Å². The van der Waals surface area contributed by atoms with E-state index in [9.17, 15) is 19.8 Å². The summed E-state index contributed by atoms with van der Waals surface area (Å²) in [7, 11) is 0. The highest BCUT2D eigenvalue weighted by Gasteiger charge is 2.54. The van der Waals surface area contributed by atoms with Gasteiger partial charge in [-0.05, 0) is 23.8 Å². The molecule has 6 heteroatoms. The van der Waals surface area contributed by atoms with E-state index >= 15 is 0 Å². The number of carboxylic acid groups (broad SMARTS) is 2. The van der Waals surface area contributed by atoms with Crippen LogP contribution in [0.2, 0.25) is 5.02 Å². The normalized spacial score (nSPS) is 27.1. The van der Waals surface area contributed by atoms with Crippen LogP contribution in [0.3, 0.4) is 0 Å². The molecule has 0 saturated carbocycles. The van der Waals surface area contributed by atoms with Crippen LogP contribution in [0.15, 0.2) is 47.6 Å². The number of carboxylic acids is 2. The smallest absolute Gasteiger partial charge is 0.335 e. The molecule has 0 amide bonds. The van der Waals surface area contributed by atoms with E-state index in [0.29, 0.717) is 10.6 Å². The van der Waals surface area contributed by atoms with Crippen LogP contribution in [0, 0.1) is 0 Å². The molecule has 0 aliphatic carbocycles. The van der Waals surface area contributed by atoms with Gasteiger partial charge >= 0.3 is 11.9 Å². The second-order valence-corrected chi connectivity index (χ2v) is 4.98. The predicted octanol–water partition coefficient (Wildman–Crippen LogP) is 1.97. The summed E-state index contributed by atoms with van der Waals surface area (Å²) >= 11 is 5.81. The van der Waals surface area contributed by atoms with E-state index in [-0.39, 0.29) is 11.1 Å². The summed E-state index contributed by atoms with van der Waals surface area (Å²) in [5.74, 6) is -2.59. The zero-order valence-electron chi connectivity index (χ0n) is 10.0. The highest BCUT2D eigenvalue weighted by molar-refractivity contribution is 6.30. The zero-order valence-corrected chi connectivity index (χ0v) is 10.8. The molecule has 2 heterocycles. The van der Waals surface area contributed by atoms with Crippen LogP contribution >= 0.6 is 11.6 Å². The molecule has 2 unspecified atom stereocenters. The highest BCUT2D eigenvalue weighted by Crippen LogP contribution is 2.49. The maximum absolute atomic E-state index is 11.5. The van der Waals surface area contributed by atoms with Crippen LogP contribution < -0.4 is 0 Å². The van der Waals surface area contributed by atoms with Crippen molar-refractivity contribution in [1.82, 2.24) is 0 Å². The van der Waals surface area contributed by atoms with E-state index in [1.54, 1.807) is 36.4 Å². The van der Waals surface area contributed by atoms with E-state index in [1.807, 2.05) is 0 Å². The van der Waals surface area contributed by atoms with Crippen molar-refractivity contribution in [3.8, 4) is 0 Å². The van der Waals surface area contributed by atoms with Gasteiger partial charge in [0, 0.05) is 5.02 Å². The van der Waals surface area contributed by atoms with Gasteiger partial charge in [-0.25, -0.2) is 9.59 Å². The van der Waals surface area contributed by atoms with Crippen LogP contribution in [0.1, 0.15) is 5.56 Å². The summed E-state index contributed by atoms with van der Waals surface area (Å²) in [5, 5.41) is 19.1. The Balaban J connectivity index is 2.22. The second kappa shape index (κ2) is 4.19. The first-order valence-corrected chi connectivity index (χ1v) is 6.18. The Bertz CT molecular complexity index is 673. The minimum Gasteiger partial charge on any atom is -0.478 e. The molecular weight excluding hydrogens is 284 g/mol. The largest absolute Gasteiger partial charge is 0.478 e. The minimum atomic E-state index is -1.35. The molecule has 0 spiro atoms. The van der Waals surface area contributed by atoms with Crippen molar-refractivity contribution in [2.45, 2.75) is 11.7 Å². The average molecular weight is 293 g/mol. The fourth-order valence-electron chi connectivity index (χ4n) is 2.65. The van der Waals surface area contributed by atoms with Crippen molar-refractivity contribution in [1.29, 1.82) is 0 Å². The molecule has 2 aliphatic heterocycles. The number of carbonyl (C=O) groups is 2. The maximum atomic E-state index is 11.5. The quantitative estimate of drug-likeness (QED) is 0.832. The Labute approximate surface area is 118 Å². The molecule has 2 aliphatic rings. The number of halogens is 1. The third-order valence-electron chi connectivity index (χ3n) is 3.46. The molecular formula is C14H9ClO5. The summed E-state index contributed by atoms with van der Waals surface area (Å²) in [4.78, 5) is 22.8. The van der Waals surface area contributed by atoms with Gasteiger partial charge in [0.2, 0.25) is 0 Å². The summed E-state index contributed by atoms with van der Waals surface area (Å²) in [5.41, 5.74) is -1.29. The average Bonchev–Trinajstić information content (AvgIpc) is 2.95. The first-order chi connectivity index (χ1) is 9.45. The number of rotatable bonds is 3. The molecule has 0 fully saturated rings. The second-order valence-electron chi connectivity index (χ2n) is 4.54. The molecule has 0 saturated heterocycles. The maximum Gasteiger partial charge on any atom is 0.335 e. The van der Waals surface area contributed by atoms with E-state index in [2.05, 4.69) is 0 Å². The lowest BCUT2D eigenvalue weighted by Crippen LogP contribution is -2.29. The Morgan fingerprint density at radius 1 is 1.15 bits per heavy atom. The third-order valence-corrected chi connectivity index (χ3v) is 3.71. The van der Waals surface area contributed by atoms with Crippen LogP contribution in [-0.4, -0.2) is 28.3 Å². The standard InChI is InChI=1S/C14H9ClO5/c15-8-3-1-7(2-4-8)14-6-5-9(20-14)10(12(16)17)11(14)13(18)19/h1-6,9H,(H,16,17)(H,18,19). The Morgan fingerprint density at radius 2 is 1.80 bits per heavy atom. The fraction of sp³-hybridized carbons (Fsp3) is 0.143. The van der Waals surface area contributed by atoms with Crippen LogP contribution in [-0.2, 0) is 19.9 Å². The summed E-state index contributed by atoms with van der Waals surface area (Å²) in [6.45, 7) is 0. The lowest BCUT2D eigenvalue weighted by Gasteiger charge is -2.25. The van der Waals surface area contributed by atoms with Crippen molar-refractivity contribution in [2.24, 2.45) is 0 Å². The van der Waals surface area contributed by atoms with Gasteiger partial charge in [-0.1, -0.05) is 29.8 Å². The SMILES string of the molecule is O=C(O)C1=C(C(=O)O)C2(c3ccc(Cl)cc3)C=CC1O2. The first-order valence-electron chi connectivity index (χ1n) is 5.80. The van der Waals surface area contributed by atoms with Crippen molar-refractivity contribution in [2.75, 3.05) is 0 Å². The molecule has 1 aromatic carbocycles. The molecule has 2 N–H and O–H groups in total. The van der Waals surface area contributed by atoms with E-state index in [0.717, 1.165) is 0 Å². The van der Waals surface area contributed by atoms with Crippen LogP contribution in [0.5, 0.6) is 0 Å². The minimum absolute atomic E-state index is 0.227. The number of benzene rings is 1. The van der Waals surface area contributed by atoms with Crippen molar-refractivity contribution < 1.29 is 24.5 Å². The topological polar surface area (TPSA) is 83.8 Å². The van der Waals surface area contributed by atoms with E-state index in [1.165, 1.54) is 0 Å². The zero-order chi connectivity index (χ0) is 14.5. The summed E-state index contributed by atoms with van der Waals surface area (Å²) < 4.78 is 5.64. The van der Waals surface area contributed by atoms with Gasteiger partial charge in [0.05, 0.1) is 11.1 Å². The first kappa shape index (κ1) is 12.9. The van der Waals surface area contributed by atoms with Gasteiger partial charge < -0.3 is 14.9 Å².